The van der Waals surface area contributed by atoms with Crippen LogP contribution in [-0.4, -0.2) is 48.2 Å². The summed E-state index contributed by atoms with van der Waals surface area (Å²) in [6, 6.07) is 0.804. The molecule has 0 fully saturated rings. The molecular weight excluding hydrogens is 314 g/mol. The van der Waals surface area contributed by atoms with Gasteiger partial charge in [-0.3, -0.25) is 24.2 Å². The van der Waals surface area contributed by atoms with Gasteiger partial charge in [0.05, 0.1) is 5.69 Å². The van der Waals surface area contributed by atoms with E-state index in [4.69, 9.17) is 5.73 Å². The largest absolute Gasteiger partial charge is 0.368 e. The third kappa shape index (κ3) is 4.06. The molecular formula is C15H19N5O4. The summed E-state index contributed by atoms with van der Waals surface area (Å²) in [5.41, 5.74) is 6.50. The van der Waals surface area contributed by atoms with Crippen molar-refractivity contribution >= 4 is 29.3 Å². The van der Waals surface area contributed by atoms with Crippen molar-refractivity contribution in [3.05, 3.63) is 24.0 Å². The molecule has 0 spiro atoms. The van der Waals surface area contributed by atoms with E-state index in [0.29, 0.717) is 5.69 Å². The molecule has 128 valence electrons. The number of anilines is 1. The Hall–Kier alpha value is -2.97. The minimum Gasteiger partial charge on any atom is -0.368 e. The van der Waals surface area contributed by atoms with E-state index in [1.165, 1.54) is 18.1 Å². The van der Waals surface area contributed by atoms with E-state index in [-0.39, 0.29) is 31.7 Å². The fraction of sp³-hybridized carbons (Fsp3) is 0.400. The first kappa shape index (κ1) is 17.4. The molecule has 0 unspecified atom stereocenters. The molecule has 1 atom stereocenters. The van der Waals surface area contributed by atoms with E-state index in [2.05, 4.69) is 15.6 Å². The fourth-order valence-electron chi connectivity index (χ4n) is 2.50. The monoisotopic (exact) mass is 333 g/mol. The zero-order valence-corrected chi connectivity index (χ0v) is 13.2. The lowest BCUT2D eigenvalue weighted by atomic mass is 9.98. The van der Waals surface area contributed by atoms with Gasteiger partial charge < -0.3 is 21.3 Å². The highest BCUT2D eigenvalue weighted by molar-refractivity contribution is 6.05. The molecule has 1 aliphatic heterocycles. The summed E-state index contributed by atoms with van der Waals surface area (Å²) < 4.78 is 0. The number of rotatable bonds is 6. The van der Waals surface area contributed by atoms with E-state index < -0.39 is 23.8 Å². The lowest BCUT2D eigenvalue weighted by Gasteiger charge is -2.33. The Kier molecular flexibility index (Phi) is 5.46. The number of hydrogen-bond donors (Lipinski definition) is 3. The van der Waals surface area contributed by atoms with E-state index in [1.807, 2.05) is 0 Å². The summed E-state index contributed by atoms with van der Waals surface area (Å²) in [6.45, 7) is -0.277. The van der Waals surface area contributed by atoms with Crippen LogP contribution >= 0.6 is 0 Å². The van der Waals surface area contributed by atoms with E-state index >= 15 is 0 Å². The molecule has 1 aromatic heterocycles. The number of nitrogens with zero attached hydrogens (tertiary/aromatic N) is 2. The molecule has 0 radical (unpaired) electrons. The number of primary amides is 1. The van der Waals surface area contributed by atoms with Crippen LogP contribution in [0.25, 0.3) is 0 Å². The SMILES string of the molecule is CNC(=O)CCC(=O)N[C@H]1Cc2cnccc2N(CC(N)=O)C1=O. The second-order valence-electron chi connectivity index (χ2n) is 5.39. The van der Waals surface area contributed by atoms with Crippen LogP contribution in [0.5, 0.6) is 0 Å². The highest BCUT2D eigenvalue weighted by Gasteiger charge is 2.34. The summed E-state index contributed by atoms with van der Waals surface area (Å²) in [4.78, 5) is 52.2. The Morgan fingerprint density at radius 2 is 2.04 bits per heavy atom. The topological polar surface area (TPSA) is 134 Å². The summed E-state index contributed by atoms with van der Waals surface area (Å²) in [5.74, 6) is -1.74. The van der Waals surface area contributed by atoms with Crippen LogP contribution in [0.2, 0.25) is 0 Å². The van der Waals surface area contributed by atoms with E-state index in [9.17, 15) is 19.2 Å². The Bertz CT molecular complexity index is 676. The minimum atomic E-state index is -0.821. The average Bonchev–Trinajstić information content (AvgIpc) is 2.56. The Labute approximate surface area is 138 Å². The van der Waals surface area contributed by atoms with Crippen molar-refractivity contribution in [1.82, 2.24) is 15.6 Å². The number of carbonyl (C=O) groups excluding carboxylic acids is 4. The highest BCUT2D eigenvalue weighted by Crippen LogP contribution is 2.26. The maximum atomic E-state index is 12.6. The van der Waals surface area contributed by atoms with Gasteiger partial charge in [-0.1, -0.05) is 0 Å². The minimum absolute atomic E-state index is 0.0286. The predicted molar refractivity (Wildman–Crippen MR) is 84.7 cm³/mol. The first-order valence-electron chi connectivity index (χ1n) is 7.45. The summed E-state index contributed by atoms with van der Waals surface area (Å²) >= 11 is 0. The molecule has 24 heavy (non-hydrogen) atoms. The molecule has 0 bridgehead atoms. The average molecular weight is 333 g/mol. The van der Waals surface area contributed by atoms with Gasteiger partial charge in [0, 0.05) is 38.7 Å². The molecule has 1 aromatic rings. The molecule has 2 rings (SSSR count). The van der Waals surface area contributed by atoms with Crippen molar-refractivity contribution in [3.8, 4) is 0 Å². The number of nitrogens with one attached hydrogen (secondary N) is 2. The standard InChI is InChI=1S/C15H19N5O4/c1-17-13(22)2-3-14(23)19-10-6-9-7-18-5-4-11(9)20(15(10)24)8-12(16)21/h4-5,7,10H,2-3,6,8H2,1H3,(H2,16,21)(H,17,22)(H,19,23)/t10-/m0/s1. The zero-order valence-electron chi connectivity index (χ0n) is 13.2. The van der Waals surface area contributed by atoms with Crippen LogP contribution in [0.1, 0.15) is 18.4 Å². The maximum Gasteiger partial charge on any atom is 0.250 e. The molecule has 2 heterocycles. The van der Waals surface area contributed by atoms with Gasteiger partial charge in [0.2, 0.25) is 23.6 Å². The summed E-state index contributed by atoms with van der Waals surface area (Å²) in [5, 5.41) is 5.02. The van der Waals surface area contributed by atoms with Crippen molar-refractivity contribution < 1.29 is 19.2 Å². The Morgan fingerprint density at radius 3 is 2.71 bits per heavy atom. The van der Waals surface area contributed by atoms with Gasteiger partial charge in [0.25, 0.3) is 0 Å². The first-order valence-corrected chi connectivity index (χ1v) is 7.45. The lowest BCUT2D eigenvalue weighted by molar-refractivity contribution is -0.129. The molecule has 9 heteroatoms. The maximum absolute atomic E-state index is 12.6. The predicted octanol–water partition coefficient (Wildman–Crippen LogP) is -1.53. The number of fused-ring (bicyclic) bond motifs is 1. The number of hydrogen-bond acceptors (Lipinski definition) is 5. The Morgan fingerprint density at radius 1 is 1.33 bits per heavy atom. The number of aromatic nitrogens is 1. The molecule has 4 N–H and O–H groups in total. The second kappa shape index (κ2) is 7.53. The van der Waals surface area contributed by atoms with E-state index in [0.717, 1.165) is 5.56 Å². The number of pyridine rings is 1. The number of nitrogens with two attached hydrogens (primary N) is 1. The van der Waals surface area contributed by atoms with Crippen LogP contribution < -0.4 is 21.3 Å². The van der Waals surface area contributed by atoms with Gasteiger partial charge in [-0.05, 0) is 11.6 Å². The molecule has 0 saturated carbocycles. The van der Waals surface area contributed by atoms with Gasteiger partial charge >= 0.3 is 0 Å². The lowest BCUT2D eigenvalue weighted by Crippen LogP contribution is -2.54. The second-order valence-corrected chi connectivity index (χ2v) is 5.39. The zero-order chi connectivity index (χ0) is 17.7. The molecule has 0 saturated heterocycles. The molecule has 9 nitrogen and oxygen atoms in total. The van der Waals surface area contributed by atoms with Gasteiger partial charge in [-0.25, -0.2) is 0 Å². The van der Waals surface area contributed by atoms with Crippen molar-refractivity contribution in [2.24, 2.45) is 5.73 Å². The van der Waals surface area contributed by atoms with Crippen molar-refractivity contribution in [2.45, 2.75) is 25.3 Å². The fourth-order valence-corrected chi connectivity index (χ4v) is 2.50. The summed E-state index contributed by atoms with van der Waals surface area (Å²) in [7, 11) is 1.48. The third-order valence-electron chi connectivity index (χ3n) is 3.66. The van der Waals surface area contributed by atoms with Crippen LogP contribution in [0.15, 0.2) is 18.5 Å². The molecule has 0 aromatic carbocycles. The molecule has 1 aliphatic rings. The van der Waals surface area contributed by atoms with E-state index in [1.54, 1.807) is 12.3 Å². The number of amides is 4. The Balaban J connectivity index is 2.12. The third-order valence-corrected chi connectivity index (χ3v) is 3.66. The van der Waals surface area contributed by atoms with Crippen LogP contribution in [0, 0.1) is 0 Å². The smallest absolute Gasteiger partial charge is 0.250 e. The molecule has 0 aliphatic carbocycles. The quantitative estimate of drug-likeness (QED) is 0.580. The normalized spacial score (nSPS) is 16.3. The highest BCUT2D eigenvalue weighted by atomic mass is 16.2. The van der Waals surface area contributed by atoms with Crippen LogP contribution in [0.4, 0.5) is 5.69 Å². The van der Waals surface area contributed by atoms with Gasteiger partial charge in [-0.15, -0.1) is 0 Å². The van der Waals surface area contributed by atoms with Gasteiger partial charge in [-0.2, -0.15) is 0 Å². The van der Waals surface area contributed by atoms with Crippen molar-refractivity contribution in [3.63, 3.8) is 0 Å². The molecule has 4 amide bonds. The van der Waals surface area contributed by atoms with Gasteiger partial charge in [0.15, 0.2) is 0 Å². The van der Waals surface area contributed by atoms with Crippen molar-refractivity contribution in [2.75, 3.05) is 18.5 Å². The first-order chi connectivity index (χ1) is 11.4. The number of carbonyl (C=O) groups is 4. The van der Waals surface area contributed by atoms with Crippen LogP contribution in [0.3, 0.4) is 0 Å². The summed E-state index contributed by atoms with van der Waals surface area (Å²) in [6.07, 6.45) is 3.37. The van der Waals surface area contributed by atoms with Crippen molar-refractivity contribution in [1.29, 1.82) is 0 Å². The van der Waals surface area contributed by atoms with Gasteiger partial charge in [0.1, 0.15) is 12.6 Å². The van der Waals surface area contributed by atoms with Crippen LogP contribution in [-0.2, 0) is 25.6 Å².